The quantitative estimate of drug-likeness (QED) is 0.811. The van der Waals surface area contributed by atoms with Gasteiger partial charge in [0.25, 0.3) is 0 Å². The summed E-state index contributed by atoms with van der Waals surface area (Å²) in [7, 11) is 5.86. The molecule has 1 heterocycles. The van der Waals surface area contributed by atoms with Gasteiger partial charge in [-0.2, -0.15) is 0 Å². The molecule has 1 aromatic carbocycles. The first-order chi connectivity index (χ1) is 9.99. The summed E-state index contributed by atoms with van der Waals surface area (Å²) in [6.45, 7) is 3.06. The third-order valence-electron chi connectivity index (χ3n) is 4.08. The number of Topliss-reactive ketones (excluding diaryl/α,β-unsaturated/α-hetero) is 1. The van der Waals surface area contributed by atoms with Crippen LogP contribution < -0.4 is 4.74 Å². The van der Waals surface area contributed by atoms with E-state index in [0.717, 1.165) is 35.4 Å². The van der Waals surface area contributed by atoms with Crippen molar-refractivity contribution in [3.8, 4) is 5.75 Å². The lowest BCUT2D eigenvalue weighted by Gasteiger charge is -2.37. The lowest BCUT2D eigenvalue weighted by atomic mass is 10.0. The van der Waals surface area contributed by atoms with Gasteiger partial charge in [-0.15, -0.1) is 0 Å². The number of ketones is 1. The van der Waals surface area contributed by atoms with Crippen LogP contribution in [-0.2, 0) is 11.2 Å². The third-order valence-corrected chi connectivity index (χ3v) is 4.86. The van der Waals surface area contributed by atoms with Crippen molar-refractivity contribution in [1.29, 1.82) is 0 Å². The van der Waals surface area contributed by atoms with Gasteiger partial charge < -0.3 is 14.5 Å². The van der Waals surface area contributed by atoms with Gasteiger partial charge in [-0.3, -0.25) is 4.79 Å². The Bertz CT molecular complexity index is 507. The number of carbonyl (C=O) groups is 1. The molecule has 2 rings (SSSR count). The number of likely N-dealkylation sites (N-methyl/N-ethyl adjacent to an activating group) is 2. The molecular weight excluding hydrogens is 332 g/mol. The van der Waals surface area contributed by atoms with Crippen LogP contribution in [0.1, 0.15) is 12.0 Å². The zero-order valence-electron chi connectivity index (χ0n) is 12.9. The molecule has 0 aromatic heterocycles. The molecule has 5 heteroatoms. The summed E-state index contributed by atoms with van der Waals surface area (Å²) in [5.41, 5.74) is 0.992. The van der Waals surface area contributed by atoms with Gasteiger partial charge in [0, 0.05) is 43.0 Å². The number of rotatable bonds is 5. The molecule has 1 saturated heterocycles. The van der Waals surface area contributed by atoms with Gasteiger partial charge in [0.2, 0.25) is 0 Å². The highest BCUT2D eigenvalue weighted by atomic mass is 79.9. The van der Waals surface area contributed by atoms with E-state index in [1.165, 1.54) is 0 Å². The summed E-state index contributed by atoms with van der Waals surface area (Å²) in [5.74, 6) is 1.06. The first-order valence-corrected chi connectivity index (χ1v) is 8.01. The van der Waals surface area contributed by atoms with Crippen molar-refractivity contribution >= 4 is 21.7 Å². The molecule has 0 radical (unpaired) electrons. The second-order valence-corrected chi connectivity index (χ2v) is 6.63. The van der Waals surface area contributed by atoms with E-state index in [2.05, 4.69) is 39.8 Å². The Kier molecular flexibility index (Phi) is 5.79. The summed E-state index contributed by atoms with van der Waals surface area (Å²) < 4.78 is 6.19. The summed E-state index contributed by atoms with van der Waals surface area (Å²) >= 11 is 3.51. The molecule has 0 saturated carbocycles. The average Bonchev–Trinajstić information content (AvgIpc) is 2.45. The molecule has 0 N–H and O–H groups in total. The number of nitrogens with zero attached hydrogens (tertiary/aromatic N) is 2. The summed E-state index contributed by atoms with van der Waals surface area (Å²) in [4.78, 5) is 17.0. The molecule has 4 nitrogen and oxygen atoms in total. The zero-order valence-corrected chi connectivity index (χ0v) is 14.5. The Morgan fingerprint density at radius 2 is 2.14 bits per heavy atom. The predicted molar refractivity (Wildman–Crippen MR) is 87.9 cm³/mol. The van der Waals surface area contributed by atoms with E-state index >= 15 is 0 Å². The van der Waals surface area contributed by atoms with Crippen LogP contribution in [-0.4, -0.2) is 62.5 Å². The molecule has 0 amide bonds. The molecule has 1 unspecified atom stereocenters. The molecule has 0 aliphatic carbocycles. The summed E-state index contributed by atoms with van der Waals surface area (Å²) in [6, 6.07) is 6.07. The number of carbonyl (C=O) groups excluding carboxylic acids is 1. The Labute approximate surface area is 135 Å². The fourth-order valence-corrected chi connectivity index (χ4v) is 3.07. The van der Waals surface area contributed by atoms with Crippen LogP contribution in [0.4, 0.5) is 0 Å². The van der Waals surface area contributed by atoms with Crippen LogP contribution in [0.3, 0.4) is 0 Å². The van der Waals surface area contributed by atoms with Crippen molar-refractivity contribution in [3.63, 3.8) is 0 Å². The highest BCUT2D eigenvalue weighted by molar-refractivity contribution is 9.10. The van der Waals surface area contributed by atoms with Crippen LogP contribution in [0.2, 0.25) is 0 Å². The first kappa shape index (κ1) is 16.5. The first-order valence-electron chi connectivity index (χ1n) is 7.22. The minimum Gasteiger partial charge on any atom is -0.497 e. The molecule has 0 bridgehead atoms. The van der Waals surface area contributed by atoms with Crippen molar-refractivity contribution < 1.29 is 9.53 Å². The summed E-state index contributed by atoms with van der Waals surface area (Å²) in [6.07, 6.45) is 1.05. The highest BCUT2D eigenvalue weighted by Crippen LogP contribution is 2.24. The third kappa shape index (κ3) is 4.53. The van der Waals surface area contributed by atoms with E-state index in [-0.39, 0.29) is 5.78 Å². The molecule has 1 aromatic rings. The van der Waals surface area contributed by atoms with Crippen molar-refractivity contribution in [1.82, 2.24) is 9.80 Å². The number of hydrogen-bond donors (Lipinski definition) is 0. The van der Waals surface area contributed by atoms with E-state index in [0.29, 0.717) is 18.9 Å². The van der Waals surface area contributed by atoms with E-state index in [1.54, 1.807) is 7.11 Å². The fraction of sp³-hybridized carbons (Fsp3) is 0.562. The maximum Gasteiger partial charge on any atom is 0.138 e. The minimum atomic E-state index is 0.274. The number of hydrogen-bond acceptors (Lipinski definition) is 4. The number of halogens is 1. The average molecular weight is 355 g/mol. The molecule has 1 atom stereocenters. The van der Waals surface area contributed by atoms with E-state index in [4.69, 9.17) is 4.74 Å². The van der Waals surface area contributed by atoms with Crippen molar-refractivity contribution in [2.24, 2.45) is 0 Å². The number of methoxy groups -OCH3 is 1. The van der Waals surface area contributed by atoms with Gasteiger partial charge >= 0.3 is 0 Å². The molecule has 116 valence electrons. The van der Waals surface area contributed by atoms with Crippen LogP contribution in [0.5, 0.6) is 5.75 Å². The number of piperazine rings is 1. The maximum absolute atomic E-state index is 12.4. The topological polar surface area (TPSA) is 32.8 Å². The maximum atomic E-state index is 12.4. The van der Waals surface area contributed by atoms with Gasteiger partial charge in [0.05, 0.1) is 7.11 Å². The predicted octanol–water partition coefficient (Wildman–Crippen LogP) is 2.21. The molecule has 21 heavy (non-hydrogen) atoms. The van der Waals surface area contributed by atoms with Gasteiger partial charge in [0.1, 0.15) is 11.5 Å². The van der Waals surface area contributed by atoms with Gasteiger partial charge in [-0.05, 0) is 37.9 Å². The number of benzene rings is 1. The lowest BCUT2D eigenvalue weighted by molar-refractivity contribution is -0.120. The normalized spacial score (nSPS) is 20.5. The largest absolute Gasteiger partial charge is 0.497 e. The molecule has 0 spiro atoms. The van der Waals surface area contributed by atoms with Gasteiger partial charge in [0.15, 0.2) is 0 Å². The summed E-state index contributed by atoms with van der Waals surface area (Å²) in [5, 5.41) is 0. The Morgan fingerprint density at radius 1 is 1.38 bits per heavy atom. The minimum absolute atomic E-state index is 0.274. The second kappa shape index (κ2) is 7.38. The zero-order chi connectivity index (χ0) is 15.4. The van der Waals surface area contributed by atoms with Crippen LogP contribution in [0, 0.1) is 0 Å². The second-order valence-electron chi connectivity index (χ2n) is 5.77. The number of ether oxygens (including phenoxy) is 1. The Morgan fingerprint density at radius 3 is 2.86 bits per heavy atom. The fourth-order valence-electron chi connectivity index (χ4n) is 2.68. The van der Waals surface area contributed by atoms with Gasteiger partial charge in [-0.1, -0.05) is 15.9 Å². The van der Waals surface area contributed by atoms with E-state index < -0.39 is 0 Å². The van der Waals surface area contributed by atoms with Crippen molar-refractivity contribution in [2.75, 3.05) is 40.8 Å². The van der Waals surface area contributed by atoms with Crippen LogP contribution in [0.25, 0.3) is 0 Å². The smallest absolute Gasteiger partial charge is 0.138 e. The molecule has 1 aliphatic heterocycles. The van der Waals surface area contributed by atoms with Crippen molar-refractivity contribution in [2.45, 2.75) is 18.9 Å². The van der Waals surface area contributed by atoms with E-state index in [9.17, 15) is 4.79 Å². The van der Waals surface area contributed by atoms with Crippen LogP contribution in [0.15, 0.2) is 22.7 Å². The highest BCUT2D eigenvalue weighted by Gasteiger charge is 2.24. The monoisotopic (exact) mass is 354 g/mol. The molecular formula is C16H23BrN2O2. The van der Waals surface area contributed by atoms with Gasteiger partial charge in [-0.25, -0.2) is 0 Å². The molecule has 1 aliphatic rings. The SMILES string of the molecule is COc1ccc(Br)c(CC(=O)CC2CN(C)CCN2C)c1. The lowest BCUT2D eigenvalue weighted by Crippen LogP contribution is -2.50. The van der Waals surface area contributed by atoms with Crippen LogP contribution >= 0.6 is 15.9 Å². The molecule has 1 fully saturated rings. The van der Waals surface area contributed by atoms with Crippen molar-refractivity contribution in [3.05, 3.63) is 28.2 Å². The Hall–Kier alpha value is -0.910. The van der Waals surface area contributed by atoms with E-state index in [1.807, 2.05) is 18.2 Å². The Balaban J connectivity index is 1.98. The standard InChI is InChI=1S/C16H23BrN2O2/c1-18-6-7-19(2)13(11-18)10-14(20)8-12-9-15(21-3)4-5-16(12)17/h4-5,9,13H,6-8,10-11H2,1-3H3.